The molecule has 3 aromatic heterocycles. The van der Waals surface area contributed by atoms with Gasteiger partial charge in [-0.1, -0.05) is 106 Å². The Morgan fingerprint density at radius 1 is 0.492 bits per heavy atom. The molecule has 0 fully saturated rings. The van der Waals surface area contributed by atoms with Gasteiger partial charge in [0, 0.05) is 66.7 Å². The average Bonchev–Trinajstić information content (AvgIpc) is 3.66. The Labute approximate surface area is 379 Å². The molecule has 63 heavy (non-hydrogen) atoms. The van der Waals surface area contributed by atoms with Crippen LogP contribution in [0.25, 0.3) is 33.2 Å². The maximum absolute atomic E-state index is 14.1. The van der Waals surface area contributed by atoms with E-state index in [0.29, 0.717) is 88.8 Å². The molecule has 0 aliphatic heterocycles. The molecular weight excluding hydrogens is 828 g/mol. The first kappa shape index (κ1) is 45.1. The highest BCUT2D eigenvalue weighted by Gasteiger charge is 2.37. The van der Waals surface area contributed by atoms with Crippen molar-refractivity contribution < 1.29 is 14.0 Å². The SMILES string of the molecule is CC(C)(C)C1=CC(=C(N=Nc2ccnc3cc(Cl)ccc23)c2ccc(C(N=Nc3ccnc4cc(Cl)ccc34)=C3C=C(C(C)(C)C)C(=O)C(C(C)(C)C)=C3)o2)C=C(C(C)(C)C)C1=O. The van der Waals surface area contributed by atoms with E-state index >= 15 is 0 Å². The third kappa shape index (κ3) is 9.55. The summed E-state index contributed by atoms with van der Waals surface area (Å²) in [4.78, 5) is 37.2. The zero-order valence-corrected chi connectivity index (χ0v) is 39.4. The van der Waals surface area contributed by atoms with Crippen LogP contribution in [0, 0.1) is 21.7 Å². The predicted octanol–water partition coefficient (Wildman–Crippen LogP) is 15.7. The van der Waals surface area contributed by atoms with E-state index in [-0.39, 0.29) is 11.6 Å². The molecule has 0 saturated carbocycles. The highest BCUT2D eigenvalue weighted by atomic mass is 35.5. The summed E-state index contributed by atoms with van der Waals surface area (Å²) in [5, 5.41) is 22.1. The van der Waals surface area contributed by atoms with Gasteiger partial charge in [0.05, 0.1) is 22.4 Å². The smallest absolute Gasteiger partial charge is 0.186 e. The van der Waals surface area contributed by atoms with E-state index in [0.717, 1.165) is 10.8 Å². The van der Waals surface area contributed by atoms with Crippen molar-refractivity contribution in [1.82, 2.24) is 9.97 Å². The van der Waals surface area contributed by atoms with Gasteiger partial charge in [0.25, 0.3) is 0 Å². The molecule has 2 aliphatic carbocycles. The number of aromatic nitrogens is 2. The van der Waals surface area contributed by atoms with Crippen molar-refractivity contribution >= 4 is 79.3 Å². The lowest BCUT2D eigenvalue weighted by Crippen LogP contribution is -2.28. The zero-order valence-electron chi connectivity index (χ0n) is 37.9. The van der Waals surface area contributed by atoms with E-state index in [2.05, 4.69) is 9.97 Å². The number of hydrogen-bond acceptors (Lipinski definition) is 9. The van der Waals surface area contributed by atoms with Crippen LogP contribution in [0.3, 0.4) is 0 Å². The van der Waals surface area contributed by atoms with Crippen molar-refractivity contribution in [2.24, 2.45) is 42.1 Å². The van der Waals surface area contributed by atoms with Crippen LogP contribution < -0.4 is 0 Å². The fourth-order valence-corrected chi connectivity index (χ4v) is 7.78. The van der Waals surface area contributed by atoms with Gasteiger partial charge in [0.2, 0.25) is 0 Å². The highest BCUT2D eigenvalue weighted by molar-refractivity contribution is 6.31. The molecule has 2 aromatic carbocycles. The monoisotopic (exact) mass is 878 g/mol. The number of nitrogens with zero attached hydrogens (tertiary/aromatic N) is 6. The quantitative estimate of drug-likeness (QED) is 0.157. The number of carbonyl (C=O) groups is 2. The molecule has 322 valence electrons. The van der Waals surface area contributed by atoms with Crippen LogP contribution in [0.5, 0.6) is 0 Å². The molecule has 0 saturated heterocycles. The molecule has 0 radical (unpaired) electrons. The van der Waals surface area contributed by atoms with E-state index in [1.165, 1.54) is 0 Å². The lowest BCUT2D eigenvalue weighted by atomic mass is 9.71. The second-order valence-corrected chi connectivity index (χ2v) is 20.9. The highest BCUT2D eigenvalue weighted by Crippen LogP contribution is 2.44. The van der Waals surface area contributed by atoms with Crippen molar-refractivity contribution in [3.05, 3.63) is 152 Å². The summed E-state index contributed by atoms with van der Waals surface area (Å²) in [5.41, 5.74) is 5.19. The Kier molecular flexibility index (Phi) is 11.9. The summed E-state index contributed by atoms with van der Waals surface area (Å²) in [6, 6.07) is 18.1. The van der Waals surface area contributed by atoms with Crippen molar-refractivity contribution in [3.63, 3.8) is 0 Å². The Balaban J connectivity index is 1.51. The van der Waals surface area contributed by atoms with Gasteiger partial charge in [-0.25, -0.2) is 0 Å². The van der Waals surface area contributed by atoms with Crippen LogP contribution in [-0.4, -0.2) is 21.5 Å². The van der Waals surface area contributed by atoms with E-state index in [1.54, 1.807) is 48.8 Å². The summed E-state index contributed by atoms with van der Waals surface area (Å²) in [7, 11) is 0. The maximum atomic E-state index is 14.1. The second kappa shape index (κ2) is 16.7. The number of fused-ring (bicyclic) bond motifs is 2. The molecule has 2 aliphatic rings. The van der Waals surface area contributed by atoms with E-state index < -0.39 is 21.7 Å². The second-order valence-electron chi connectivity index (χ2n) is 20.0. The van der Waals surface area contributed by atoms with Crippen LogP contribution in [0.4, 0.5) is 11.4 Å². The van der Waals surface area contributed by atoms with Gasteiger partial charge < -0.3 is 4.42 Å². The molecule has 0 bridgehead atoms. The lowest BCUT2D eigenvalue weighted by Gasteiger charge is -2.31. The topological polar surface area (TPSA) is 122 Å². The van der Waals surface area contributed by atoms with E-state index in [9.17, 15) is 9.59 Å². The van der Waals surface area contributed by atoms with Crippen LogP contribution >= 0.6 is 23.2 Å². The van der Waals surface area contributed by atoms with Crippen LogP contribution in [-0.2, 0) is 9.59 Å². The minimum absolute atomic E-state index is 0.0137. The first-order chi connectivity index (χ1) is 29.4. The predicted molar refractivity (Wildman–Crippen MR) is 255 cm³/mol. The molecule has 0 unspecified atom stereocenters. The van der Waals surface area contributed by atoms with E-state index in [4.69, 9.17) is 48.1 Å². The molecule has 5 aromatic rings. The van der Waals surface area contributed by atoms with Crippen molar-refractivity contribution in [3.8, 4) is 0 Å². The largest absolute Gasteiger partial charge is 0.453 e. The first-order valence-electron chi connectivity index (χ1n) is 20.9. The number of benzene rings is 2. The number of rotatable bonds is 6. The Morgan fingerprint density at radius 2 is 0.825 bits per heavy atom. The molecule has 3 heterocycles. The van der Waals surface area contributed by atoms with Crippen molar-refractivity contribution in [2.75, 3.05) is 0 Å². The number of hydrogen-bond donors (Lipinski definition) is 0. The number of halogens is 2. The number of azo groups is 2. The zero-order chi connectivity index (χ0) is 45.8. The van der Waals surface area contributed by atoms with Crippen LogP contribution in [0.2, 0.25) is 10.0 Å². The summed E-state index contributed by atoms with van der Waals surface area (Å²) in [6.45, 7) is 24.3. The number of carbonyl (C=O) groups excluding carboxylic acids is 2. The van der Waals surface area contributed by atoms with E-state index in [1.807, 2.05) is 132 Å². The summed E-state index contributed by atoms with van der Waals surface area (Å²) < 4.78 is 6.87. The molecule has 9 nitrogen and oxygen atoms in total. The summed E-state index contributed by atoms with van der Waals surface area (Å²) in [5.74, 6) is 0.719. The number of pyridine rings is 2. The minimum Gasteiger partial charge on any atom is -0.453 e. The number of allylic oxidation sites excluding steroid dienone is 10. The van der Waals surface area contributed by atoms with Crippen LogP contribution in [0.15, 0.2) is 156 Å². The molecule has 7 rings (SSSR count). The molecule has 0 spiro atoms. The summed E-state index contributed by atoms with van der Waals surface area (Å²) in [6.07, 6.45) is 10.9. The number of Topliss-reactive ketones (excluding diaryl/α,β-unsaturated/α-hetero) is 2. The number of ketones is 2. The van der Waals surface area contributed by atoms with Crippen LogP contribution in [0.1, 0.15) is 94.6 Å². The van der Waals surface area contributed by atoms with Crippen molar-refractivity contribution in [2.45, 2.75) is 83.1 Å². The van der Waals surface area contributed by atoms with Gasteiger partial charge in [-0.05, 0) is 107 Å². The standard InChI is InChI=1S/C52H52Cl2N6O3/c1-49(2,3)35-23-29(24-36(47(35)61)50(4,5)6)45(59-57-39-19-21-55-41-27-31(53)13-15-33(39)41)43-17-18-44(63-43)46(60-58-40-20-22-56-42-28-32(54)14-16-34(40)42)30-25-37(51(7,8)9)48(62)38(26-30)52(10,11)12/h13-28H,1-12H3. The molecule has 0 atom stereocenters. The Morgan fingerprint density at radius 3 is 1.14 bits per heavy atom. The third-order valence-electron chi connectivity index (χ3n) is 10.9. The first-order valence-corrected chi connectivity index (χ1v) is 21.6. The van der Waals surface area contributed by atoms with Gasteiger partial charge in [-0.3, -0.25) is 19.6 Å². The Bertz CT molecular complexity index is 2710. The van der Waals surface area contributed by atoms with Gasteiger partial charge in [0.1, 0.15) is 11.4 Å². The Hall–Kier alpha value is -5.90. The fourth-order valence-electron chi connectivity index (χ4n) is 7.44. The fraction of sp³-hybridized carbons (Fsp3) is 0.308. The molecule has 0 amide bonds. The van der Waals surface area contributed by atoms with Gasteiger partial charge in [0.15, 0.2) is 23.1 Å². The molecule has 11 heteroatoms. The number of furan rings is 1. The minimum atomic E-state index is -0.489. The normalized spacial score (nSPS) is 15.7. The maximum Gasteiger partial charge on any atom is 0.186 e. The summed E-state index contributed by atoms with van der Waals surface area (Å²) >= 11 is 12.7. The third-order valence-corrected chi connectivity index (χ3v) is 11.4. The van der Waals surface area contributed by atoms with Gasteiger partial charge in [-0.2, -0.15) is 0 Å². The lowest BCUT2D eigenvalue weighted by molar-refractivity contribution is -0.114. The van der Waals surface area contributed by atoms with Crippen molar-refractivity contribution in [1.29, 1.82) is 0 Å². The molecule has 0 N–H and O–H groups in total. The van der Waals surface area contributed by atoms with Gasteiger partial charge >= 0.3 is 0 Å². The molecular formula is C52H52Cl2N6O3. The van der Waals surface area contributed by atoms with Gasteiger partial charge in [-0.15, -0.1) is 20.5 Å². The average molecular weight is 880 g/mol.